The van der Waals surface area contributed by atoms with Crippen molar-refractivity contribution in [1.82, 2.24) is 14.3 Å². The Morgan fingerprint density at radius 3 is 2.36 bits per heavy atom. The fourth-order valence-corrected chi connectivity index (χ4v) is 4.74. The van der Waals surface area contributed by atoms with Gasteiger partial charge in [-0.15, -0.1) is 0 Å². The Labute approximate surface area is 190 Å². The van der Waals surface area contributed by atoms with Crippen molar-refractivity contribution in [3.63, 3.8) is 0 Å². The zero-order valence-corrected chi connectivity index (χ0v) is 18.8. The van der Waals surface area contributed by atoms with E-state index in [0.29, 0.717) is 0 Å². The Balaban J connectivity index is 2.24. The molecule has 0 bridgehead atoms. The number of pyridine rings is 1. The van der Waals surface area contributed by atoms with Crippen LogP contribution in [0, 0.1) is 0 Å². The normalized spacial score (nSPS) is 12.2. The second-order valence-electron chi connectivity index (χ2n) is 7.09. The van der Waals surface area contributed by atoms with E-state index >= 15 is 0 Å². The maximum atomic E-state index is 12.9. The van der Waals surface area contributed by atoms with Crippen molar-refractivity contribution in [2.75, 3.05) is 6.26 Å². The van der Waals surface area contributed by atoms with Crippen molar-refractivity contribution in [3.8, 4) is 11.3 Å². The number of benzene rings is 1. The highest BCUT2D eigenvalue weighted by molar-refractivity contribution is 7.90. The molecule has 0 atom stereocenters. The lowest BCUT2D eigenvalue weighted by Crippen LogP contribution is -2.24. The summed E-state index contributed by atoms with van der Waals surface area (Å²) in [6.45, 7) is 1.55. The number of nitrogens with zero attached hydrogens (tertiary/aromatic N) is 3. The number of alkyl halides is 3. The van der Waals surface area contributed by atoms with Crippen LogP contribution >= 0.6 is 11.6 Å². The lowest BCUT2D eigenvalue weighted by molar-refractivity contribution is -0.141. The number of sulfone groups is 1. The first kappa shape index (κ1) is 24.5. The maximum Gasteiger partial charge on any atom is 0.435 e. The summed E-state index contributed by atoms with van der Waals surface area (Å²) in [5, 5.41) is 13.0. The smallest absolute Gasteiger partial charge is 0.435 e. The van der Waals surface area contributed by atoms with E-state index in [1.165, 1.54) is 22.8 Å². The molecule has 3 aromatic rings. The van der Waals surface area contributed by atoms with Crippen molar-refractivity contribution in [2.24, 2.45) is 0 Å². The van der Waals surface area contributed by atoms with Gasteiger partial charge in [0.15, 0.2) is 21.0 Å². The van der Waals surface area contributed by atoms with Crippen LogP contribution < -0.4 is 5.43 Å². The van der Waals surface area contributed by atoms with Crippen LogP contribution in [0.4, 0.5) is 13.2 Å². The molecular weight excluding hydrogens is 487 g/mol. The first-order valence-electron chi connectivity index (χ1n) is 9.34. The minimum Gasteiger partial charge on any atom is -0.477 e. The van der Waals surface area contributed by atoms with Gasteiger partial charge in [-0.3, -0.25) is 9.48 Å². The molecule has 0 fully saturated rings. The van der Waals surface area contributed by atoms with Crippen molar-refractivity contribution >= 4 is 27.4 Å². The van der Waals surface area contributed by atoms with E-state index in [1.807, 2.05) is 0 Å². The lowest BCUT2D eigenvalue weighted by atomic mass is 10.0. The van der Waals surface area contributed by atoms with E-state index in [2.05, 4.69) is 5.10 Å². The molecule has 0 saturated heterocycles. The number of carboxylic acids is 1. The predicted octanol–water partition coefficient (Wildman–Crippen LogP) is 3.55. The highest BCUT2D eigenvalue weighted by Gasteiger charge is 2.33. The first-order valence-corrected chi connectivity index (χ1v) is 11.6. The Hall–Kier alpha value is -3.12. The molecule has 0 aliphatic carbocycles. The van der Waals surface area contributed by atoms with Gasteiger partial charge < -0.3 is 9.67 Å². The largest absolute Gasteiger partial charge is 0.477 e. The van der Waals surface area contributed by atoms with Crippen molar-refractivity contribution in [2.45, 2.75) is 31.1 Å². The summed E-state index contributed by atoms with van der Waals surface area (Å²) in [5.41, 5.74) is -2.27. The minimum absolute atomic E-state index is 0.0577. The third-order valence-electron chi connectivity index (χ3n) is 4.79. The zero-order valence-electron chi connectivity index (χ0n) is 17.2. The van der Waals surface area contributed by atoms with E-state index < -0.39 is 38.7 Å². The summed E-state index contributed by atoms with van der Waals surface area (Å²) >= 11 is 6.11. The number of carboxylic acid groups (broad SMARTS) is 1. The van der Waals surface area contributed by atoms with E-state index in [9.17, 15) is 36.3 Å². The second-order valence-corrected chi connectivity index (χ2v) is 9.48. The number of aromatic nitrogens is 3. The molecule has 0 radical (unpaired) electrons. The summed E-state index contributed by atoms with van der Waals surface area (Å²) in [7, 11) is -3.66. The number of aromatic carboxylic acids is 1. The average Bonchev–Trinajstić information content (AvgIpc) is 3.15. The van der Waals surface area contributed by atoms with E-state index in [0.717, 1.165) is 29.3 Å². The molecule has 2 aromatic heterocycles. The quantitative estimate of drug-likeness (QED) is 0.550. The topological polar surface area (TPSA) is 111 Å². The molecule has 0 aliphatic heterocycles. The molecule has 2 heterocycles. The van der Waals surface area contributed by atoms with Crippen LogP contribution in [-0.2, 0) is 29.1 Å². The van der Waals surface area contributed by atoms with Gasteiger partial charge in [0.2, 0.25) is 0 Å². The van der Waals surface area contributed by atoms with Crippen LogP contribution in [0.5, 0.6) is 0 Å². The van der Waals surface area contributed by atoms with E-state index in [1.54, 1.807) is 6.92 Å². The molecule has 1 aromatic carbocycles. The molecule has 3 rings (SSSR count). The molecule has 33 heavy (non-hydrogen) atoms. The summed E-state index contributed by atoms with van der Waals surface area (Å²) in [6, 6.07) is 5.54. The Bertz CT molecular complexity index is 1410. The van der Waals surface area contributed by atoms with Gasteiger partial charge in [-0.05, 0) is 25.1 Å². The van der Waals surface area contributed by atoms with E-state index in [4.69, 9.17) is 11.6 Å². The van der Waals surface area contributed by atoms with Crippen molar-refractivity contribution < 1.29 is 31.5 Å². The van der Waals surface area contributed by atoms with Crippen molar-refractivity contribution in [1.29, 1.82) is 0 Å². The highest BCUT2D eigenvalue weighted by atomic mass is 35.5. The molecule has 0 unspecified atom stereocenters. The third-order valence-corrected chi connectivity index (χ3v) is 6.37. The number of halogens is 4. The predicted molar refractivity (Wildman–Crippen MR) is 113 cm³/mol. The minimum atomic E-state index is -4.65. The Morgan fingerprint density at radius 2 is 1.88 bits per heavy atom. The number of hydrogen-bond acceptors (Lipinski definition) is 5. The molecule has 0 amide bonds. The first-order chi connectivity index (χ1) is 15.2. The molecule has 13 heteroatoms. The fourth-order valence-electron chi connectivity index (χ4n) is 3.41. The summed E-state index contributed by atoms with van der Waals surface area (Å²) < 4.78 is 64.8. The van der Waals surface area contributed by atoms with Gasteiger partial charge in [-0.1, -0.05) is 17.7 Å². The average molecular weight is 504 g/mol. The fraction of sp³-hybridized carbons (Fsp3) is 0.250. The van der Waals surface area contributed by atoms with Gasteiger partial charge in [-0.2, -0.15) is 18.3 Å². The van der Waals surface area contributed by atoms with Gasteiger partial charge in [0.25, 0.3) is 0 Å². The zero-order chi connectivity index (χ0) is 24.7. The summed E-state index contributed by atoms with van der Waals surface area (Å²) in [4.78, 5) is 24.4. The standard InChI is InChI=1S/C20H17ClF3N3O5S/c1-3-27-12(10-26-7-6-16(25-26)20(22,23)24)9-14(28)17(19(29)30)18(27)11-4-5-15(13(21)8-11)33(2,31)32/h4-9H,3,10H2,1-2H3,(H,29,30). The Kier molecular flexibility index (Phi) is 6.44. The molecule has 176 valence electrons. The second kappa shape index (κ2) is 8.67. The van der Waals surface area contributed by atoms with Crippen LogP contribution in [-0.4, -0.2) is 40.1 Å². The van der Waals surface area contributed by atoms with Crippen LogP contribution in [0.2, 0.25) is 5.02 Å². The SMILES string of the molecule is CCn1c(Cn2ccc(C(F)(F)F)n2)cc(=O)c(C(=O)O)c1-c1ccc(S(C)(=O)=O)c(Cl)c1. The van der Waals surface area contributed by atoms with Gasteiger partial charge in [0.1, 0.15) is 5.56 Å². The Morgan fingerprint density at radius 1 is 1.21 bits per heavy atom. The number of hydrogen-bond donors (Lipinski definition) is 1. The maximum absolute atomic E-state index is 12.9. The summed E-state index contributed by atoms with van der Waals surface area (Å²) in [6.07, 6.45) is -2.60. The third kappa shape index (κ3) is 4.96. The molecular formula is C20H17ClF3N3O5S. The monoisotopic (exact) mass is 503 g/mol. The van der Waals surface area contributed by atoms with Gasteiger partial charge >= 0.3 is 12.1 Å². The molecule has 0 aliphatic rings. The van der Waals surface area contributed by atoms with Crippen LogP contribution in [0.1, 0.15) is 28.7 Å². The molecule has 1 N–H and O–H groups in total. The number of rotatable bonds is 6. The molecule has 0 saturated carbocycles. The van der Waals surface area contributed by atoms with Crippen LogP contribution in [0.15, 0.2) is 46.2 Å². The summed E-state index contributed by atoms with van der Waals surface area (Å²) in [5.74, 6) is -1.52. The molecule has 8 nitrogen and oxygen atoms in total. The van der Waals surface area contributed by atoms with E-state index in [-0.39, 0.29) is 40.0 Å². The van der Waals surface area contributed by atoms with Gasteiger partial charge in [0, 0.05) is 36.3 Å². The lowest BCUT2D eigenvalue weighted by Gasteiger charge is -2.20. The van der Waals surface area contributed by atoms with Crippen molar-refractivity contribution in [3.05, 3.63) is 68.7 Å². The number of carbonyl (C=O) groups is 1. The molecule has 0 spiro atoms. The van der Waals surface area contributed by atoms with Gasteiger partial charge in [0.05, 0.1) is 22.2 Å². The van der Waals surface area contributed by atoms with Crippen LogP contribution in [0.25, 0.3) is 11.3 Å². The van der Waals surface area contributed by atoms with Crippen LogP contribution in [0.3, 0.4) is 0 Å². The van der Waals surface area contributed by atoms with Gasteiger partial charge in [-0.25, -0.2) is 13.2 Å². The highest BCUT2D eigenvalue weighted by Crippen LogP contribution is 2.31.